The third-order valence-electron chi connectivity index (χ3n) is 2.78. The Morgan fingerprint density at radius 2 is 1.74 bits per heavy atom. The van der Waals surface area contributed by atoms with Crippen LogP contribution in [0.3, 0.4) is 0 Å². The highest BCUT2D eigenvalue weighted by Crippen LogP contribution is 2.16. The number of anilines is 3. The number of nitrogens with zero attached hydrogens (tertiary/aromatic N) is 2. The Kier molecular flexibility index (Phi) is 5.40. The van der Waals surface area contributed by atoms with Crippen LogP contribution in [0.5, 0.6) is 0 Å². The molecule has 2 aromatic rings. The van der Waals surface area contributed by atoms with Gasteiger partial charge in [-0.05, 0) is 24.3 Å². The molecule has 1 aromatic heterocycles. The predicted octanol–water partition coefficient (Wildman–Crippen LogP) is 2.09. The van der Waals surface area contributed by atoms with Crippen molar-refractivity contribution in [1.82, 2.24) is 15.3 Å². The highest BCUT2D eigenvalue weighted by molar-refractivity contribution is 5.93. The quantitative estimate of drug-likeness (QED) is 0.710. The maximum Gasteiger partial charge on any atom is 0.254 e. The summed E-state index contributed by atoms with van der Waals surface area (Å²) in [7, 11) is 0. The molecule has 0 saturated carbocycles. The third-order valence-corrected chi connectivity index (χ3v) is 2.78. The summed E-state index contributed by atoms with van der Waals surface area (Å²) in [5.74, 6) is -0.00646. The van der Waals surface area contributed by atoms with Gasteiger partial charge >= 0.3 is 0 Å². The summed E-state index contributed by atoms with van der Waals surface area (Å²) in [5, 5.41) is 8.34. The van der Waals surface area contributed by atoms with Crippen molar-refractivity contribution in [3.05, 3.63) is 54.9 Å². The first-order chi connectivity index (χ1) is 11.1. The molecule has 0 atom stereocenters. The highest BCUT2D eigenvalue weighted by Gasteiger charge is 2.06. The molecule has 0 radical (unpaired) electrons. The first-order valence-corrected chi connectivity index (χ1v) is 6.94. The Labute approximate surface area is 133 Å². The van der Waals surface area contributed by atoms with Crippen LogP contribution in [0.15, 0.2) is 49.3 Å². The molecule has 7 nitrogen and oxygen atoms in total. The minimum atomic E-state index is -0.254. The zero-order valence-corrected chi connectivity index (χ0v) is 12.7. The lowest BCUT2D eigenvalue weighted by molar-refractivity contribution is -0.114. The summed E-state index contributed by atoms with van der Waals surface area (Å²) >= 11 is 0. The first-order valence-electron chi connectivity index (χ1n) is 6.94. The van der Waals surface area contributed by atoms with Gasteiger partial charge < -0.3 is 16.0 Å². The normalized spacial score (nSPS) is 9.78. The number of hydrogen-bond donors (Lipinski definition) is 3. The summed E-state index contributed by atoms with van der Waals surface area (Å²) in [6.07, 6.45) is 4.48. The SMILES string of the molecule is C=CCNC(=O)c1cnc(Nc2ccc(NC(C)=O)cc2)nc1. The summed E-state index contributed by atoms with van der Waals surface area (Å²) in [4.78, 5) is 30.9. The molecule has 0 aliphatic carbocycles. The minimum absolute atomic E-state index is 0.126. The molecule has 118 valence electrons. The second-order valence-electron chi connectivity index (χ2n) is 4.68. The molecule has 2 rings (SSSR count). The summed E-state index contributed by atoms with van der Waals surface area (Å²) in [6.45, 7) is 5.37. The van der Waals surface area contributed by atoms with Crippen LogP contribution in [0, 0.1) is 0 Å². The van der Waals surface area contributed by atoms with Gasteiger partial charge in [0.1, 0.15) is 0 Å². The predicted molar refractivity (Wildman–Crippen MR) is 88.6 cm³/mol. The van der Waals surface area contributed by atoms with Gasteiger partial charge in [0.25, 0.3) is 5.91 Å². The Morgan fingerprint density at radius 1 is 1.13 bits per heavy atom. The van der Waals surface area contributed by atoms with E-state index in [2.05, 4.69) is 32.5 Å². The lowest BCUT2D eigenvalue weighted by Gasteiger charge is -2.07. The number of benzene rings is 1. The van der Waals surface area contributed by atoms with Crippen LogP contribution in [0.4, 0.5) is 17.3 Å². The number of hydrogen-bond acceptors (Lipinski definition) is 5. The van der Waals surface area contributed by atoms with Gasteiger partial charge in [0.15, 0.2) is 0 Å². The first kappa shape index (κ1) is 16.2. The summed E-state index contributed by atoms with van der Waals surface area (Å²) < 4.78 is 0. The van der Waals surface area contributed by atoms with Gasteiger partial charge in [-0.1, -0.05) is 6.08 Å². The van der Waals surface area contributed by atoms with E-state index < -0.39 is 0 Å². The fourth-order valence-corrected chi connectivity index (χ4v) is 1.75. The van der Waals surface area contributed by atoms with Gasteiger partial charge in [-0.25, -0.2) is 9.97 Å². The summed E-state index contributed by atoms with van der Waals surface area (Å²) in [6, 6.07) is 7.11. The van der Waals surface area contributed by atoms with Crippen LogP contribution in [0.2, 0.25) is 0 Å². The van der Waals surface area contributed by atoms with E-state index in [1.54, 1.807) is 30.3 Å². The second-order valence-corrected chi connectivity index (χ2v) is 4.68. The van der Waals surface area contributed by atoms with Crippen molar-refractivity contribution < 1.29 is 9.59 Å². The molecule has 0 bridgehead atoms. The lowest BCUT2D eigenvalue weighted by atomic mass is 10.3. The number of carbonyl (C=O) groups excluding carboxylic acids is 2. The molecule has 0 aliphatic rings. The smallest absolute Gasteiger partial charge is 0.254 e. The third kappa shape index (κ3) is 4.92. The summed E-state index contributed by atoms with van der Waals surface area (Å²) in [5.41, 5.74) is 1.85. The molecule has 7 heteroatoms. The second kappa shape index (κ2) is 7.69. The Morgan fingerprint density at radius 3 is 2.30 bits per heavy atom. The molecule has 0 spiro atoms. The molecule has 23 heavy (non-hydrogen) atoms. The highest BCUT2D eigenvalue weighted by atomic mass is 16.2. The zero-order valence-electron chi connectivity index (χ0n) is 12.7. The molecule has 0 aliphatic heterocycles. The largest absolute Gasteiger partial charge is 0.348 e. The van der Waals surface area contributed by atoms with E-state index in [1.165, 1.54) is 19.3 Å². The minimum Gasteiger partial charge on any atom is -0.348 e. The fourth-order valence-electron chi connectivity index (χ4n) is 1.75. The average Bonchev–Trinajstić information content (AvgIpc) is 2.54. The van der Waals surface area contributed by atoms with Gasteiger partial charge in [-0.15, -0.1) is 6.58 Å². The Balaban J connectivity index is 1.99. The van der Waals surface area contributed by atoms with Crippen molar-refractivity contribution in [2.24, 2.45) is 0 Å². The molecule has 3 N–H and O–H groups in total. The van der Waals surface area contributed by atoms with Crippen LogP contribution < -0.4 is 16.0 Å². The Hall–Kier alpha value is -3.22. The average molecular weight is 311 g/mol. The number of nitrogens with one attached hydrogen (secondary N) is 3. The van der Waals surface area contributed by atoms with E-state index >= 15 is 0 Å². The zero-order chi connectivity index (χ0) is 16.7. The monoisotopic (exact) mass is 311 g/mol. The molecule has 1 heterocycles. The van der Waals surface area contributed by atoms with Crippen molar-refractivity contribution in [3.63, 3.8) is 0 Å². The molecule has 1 aromatic carbocycles. The molecular formula is C16H17N5O2. The van der Waals surface area contributed by atoms with Gasteiger partial charge in [-0.3, -0.25) is 9.59 Å². The van der Waals surface area contributed by atoms with Crippen LogP contribution in [0.25, 0.3) is 0 Å². The van der Waals surface area contributed by atoms with Gasteiger partial charge in [0.2, 0.25) is 11.9 Å². The van der Waals surface area contributed by atoms with E-state index in [0.717, 1.165) is 5.69 Å². The van der Waals surface area contributed by atoms with Crippen LogP contribution in [-0.2, 0) is 4.79 Å². The van der Waals surface area contributed by atoms with Crippen molar-refractivity contribution >= 4 is 29.1 Å². The van der Waals surface area contributed by atoms with E-state index in [9.17, 15) is 9.59 Å². The molecule has 0 saturated heterocycles. The molecule has 0 fully saturated rings. The van der Waals surface area contributed by atoms with Crippen molar-refractivity contribution in [3.8, 4) is 0 Å². The van der Waals surface area contributed by atoms with Crippen molar-refractivity contribution in [2.75, 3.05) is 17.2 Å². The van der Waals surface area contributed by atoms with Gasteiger partial charge in [-0.2, -0.15) is 0 Å². The Bertz CT molecular complexity index is 695. The van der Waals surface area contributed by atoms with Crippen molar-refractivity contribution in [2.45, 2.75) is 6.92 Å². The topological polar surface area (TPSA) is 96.0 Å². The molecular weight excluding hydrogens is 294 g/mol. The molecule has 0 unspecified atom stereocenters. The van der Waals surface area contributed by atoms with E-state index in [1.807, 2.05) is 0 Å². The van der Waals surface area contributed by atoms with Crippen LogP contribution >= 0.6 is 0 Å². The maximum absolute atomic E-state index is 11.7. The lowest BCUT2D eigenvalue weighted by Crippen LogP contribution is -2.23. The van der Waals surface area contributed by atoms with Crippen LogP contribution in [-0.4, -0.2) is 28.3 Å². The number of amides is 2. The van der Waals surface area contributed by atoms with E-state index in [0.29, 0.717) is 23.7 Å². The number of rotatable bonds is 6. The number of aromatic nitrogens is 2. The van der Waals surface area contributed by atoms with Crippen LogP contribution in [0.1, 0.15) is 17.3 Å². The fraction of sp³-hybridized carbons (Fsp3) is 0.125. The van der Waals surface area contributed by atoms with E-state index in [4.69, 9.17) is 0 Å². The van der Waals surface area contributed by atoms with Crippen molar-refractivity contribution in [1.29, 1.82) is 0 Å². The standard InChI is InChI=1S/C16H17N5O2/c1-3-8-17-15(23)12-9-18-16(19-10-12)21-14-6-4-13(5-7-14)20-11(2)22/h3-7,9-10H,1,8H2,2H3,(H,17,23)(H,20,22)(H,18,19,21). The van der Waals surface area contributed by atoms with Gasteiger partial charge in [0.05, 0.1) is 5.56 Å². The van der Waals surface area contributed by atoms with Gasteiger partial charge in [0, 0.05) is 37.2 Å². The van der Waals surface area contributed by atoms with E-state index in [-0.39, 0.29) is 11.8 Å². The molecule has 2 amide bonds. The maximum atomic E-state index is 11.7. The number of carbonyl (C=O) groups is 2.